The van der Waals surface area contributed by atoms with Crippen LogP contribution in [-0.2, 0) is 19.0 Å². The van der Waals surface area contributed by atoms with Crippen molar-refractivity contribution in [3.8, 4) is 33.8 Å². The van der Waals surface area contributed by atoms with Crippen molar-refractivity contribution in [3.63, 3.8) is 0 Å². The van der Waals surface area contributed by atoms with Gasteiger partial charge in [-0.05, 0) is 95.5 Å². The van der Waals surface area contributed by atoms with Crippen molar-refractivity contribution in [3.05, 3.63) is 65.2 Å². The van der Waals surface area contributed by atoms with Gasteiger partial charge in [0.05, 0.1) is 25.9 Å². The number of aryl methyl sites for hydroxylation is 1. The SMILES string of the molecule is COc1cc(OC)cc(-c2cc(-c3cc(N4CC[C@H](O)C4)ccc3C(F)(F)F)cc3c2CCC3)c1. The van der Waals surface area contributed by atoms with E-state index < -0.39 is 17.8 Å². The molecule has 1 fully saturated rings. The van der Waals surface area contributed by atoms with E-state index in [4.69, 9.17) is 9.47 Å². The second-order valence-electron chi connectivity index (χ2n) is 9.23. The van der Waals surface area contributed by atoms with E-state index in [1.807, 2.05) is 29.2 Å². The number of hydrogen-bond acceptors (Lipinski definition) is 4. The van der Waals surface area contributed by atoms with Crippen molar-refractivity contribution in [1.29, 1.82) is 0 Å². The fourth-order valence-electron chi connectivity index (χ4n) is 5.27. The van der Waals surface area contributed by atoms with Crippen LogP contribution in [0.5, 0.6) is 11.5 Å². The molecule has 0 unspecified atom stereocenters. The van der Waals surface area contributed by atoms with Gasteiger partial charge in [-0.1, -0.05) is 6.07 Å². The Labute approximate surface area is 202 Å². The topological polar surface area (TPSA) is 41.9 Å². The summed E-state index contributed by atoms with van der Waals surface area (Å²) in [5.41, 5.74) is 4.73. The summed E-state index contributed by atoms with van der Waals surface area (Å²) in [7, 11) is 3.16. The van der Waals surface area contributed by atoms with Crippen molar-refractivity contribution in [2.75, 3.05) is 32.2 Å². The van der Waals surface area contributed by atoms with Gasteiger partial charge in [0.25, 0.3) is 0 Å². The molecule has 1 atom stereocenters. The van der Waals surface area contributed by atoms with Crippen molar-refractivity contribution in [2.24, 2.45) is 0 Å². The Hall–Kier alpha value is -3.19. The average Bonchev–Trinajstić information content (AvgIpc) is 3.51. The van der Waals surface area contributed by atoms with Crippen LogP contribution in [-0.4, -0.2) is 38.5 Å². The number of rotatable bonds is 5. The highest BCUT2D eigenvalue weighted by Crippen LogP contribution is 2.44. The number of β-amino-alcohol motifs (C(OH)–C–C–N with tert-alkyl or cyclic N) is 1. The van der Waals surface area contributed by atoms with E-state index in [1.54, 1.807) is 26.4 Å². The number of benzene rings is 3. The number of aliphatic hydroxyl groups excluding tert-OH is 1. The summed E-state index contributed by atoms with van der Waals surface area (Å²) >= 11 is 0. The van der Waals surface area contributed by atoms with Crippen LogP contribution in [0.1, 0.15) is 29.5 Å². The quantitative estimate of drug-likeness (QED) is 0.475. The lowest BCUT2D eigenvalue weighted by atomic mass is 9.89. The summed E-state index contributed by atoms with van der Waals surface area (Å²) in [5.74, 6) is 1.25. The van der Waals surface area contributed by atoms with Crippen LogP contribution in [0, 0.1) is 0 Å². The minimum absolute atomic E-state index is 0.155. The number of nitrogens with zero attached hydrogens (tertiary/aromatic N) is 1. The molecule has 1 aliphatic heterocycles. The first-order chi connectivity index (χ1) is 16.8. The lowest BCUT2D eigenvalue weighted by Gasteiger charge is -2.22. The Kier molecular flexibility index (Phi) is 6.13. The minimum atomic E-state index is -4.49. The molecule has 1 heterocycles. The maximum Gasteiger partial charge on any atom is 0.417 e. The molecule has 35 heavy (non-hydrogen) atoms. The van der Waals surface area contributed by atoms with Gasteiger partial charge in [-0.25, -0.2) is 0 Å². The van der Waals surface area contributed by atoms with Crippen LogP contribution in [0.15, 0.2) is 48.5 Å². The van der Waals surface area contributed by atoms with Gasteiger partial charge in [0.15, 0.2) is 0 Å². The van der Waals surface area contributed by atoms with E-state index in [0.717, 1.165) is 47.6 Å². The summed E-state index contributed by atoms with van der Waals surface area (Å²) < 4.78 is 53.2. The Morgan fingerprint density at radius 2 is 1.60 bits per heavy atom. The van der Waals surface area contributed by atoms with E-state index in [0.29, 0.717) is 42.3 Å². The largest absolute Gasteiger partial charge is 0.497 e. The predicted octanol–water partition coefficient (Wildman–Crippen LogP) is 6.12. The van der Waals surface area contributed by atoms with Crippen molar-refractivity contribution in [1.82, 2.24) is 0 Å². The molecule has 0 bridgehead atoms. The number of alkyl halides is 3. The van der Waals surface area contributed by atoms with Crippen LogP contribution < -0.4 is 14.4 Å². The first-order valence-electron chi connectivity index (χ1n) is 11.8. The van der Waals surface area contributed by atoms with Gasteiger partial charge in [-0.2, -0.15) is 13.2 Å². The standard InChI is InChI=1S/C28H28F3NO3/c1-34-22-11-19(12-23(15-22)35-2)25-13-18(10-17-4-3-5-24(17)25)26-14-20(32-9-8-21(33)16-32)6-7-27(26)28(29,30)31/h6-7,10-15,21,33H,3-5,8-9,16H2,1-2H3/t21-/m0/s1. The molecule has 184 valence electrons. The van der Waals surface area contributed by atoms with Crippen molar-refractivity contribution >= 4 is 5.69 Å². The van der Waals surface area contributed by atoms with Gasteiger partial charge in [0.1, 0.15) is 11.5 Å². The van der Waals surface area contributed by atoms with E-state index in [1.165, 1.54) is 6.07 Å². The molecule has 0 aromatic heterocycles. The van der Waals surface area contributed by atoms with Crippen LogP contribution in [0.4, 0.5) is 18.9 Å². The number of anilines is 1. The average molecular weight is 484 g/mol. The summed E-state index contributed by atoms with van der Waals surface area (Å²) in [6.45, 7) is 1.04. The highest BCUT2D eigenvalue weighted by atomic mass is 19.4. The van der Waals surface area contributed by atoms with Gasteiger partial charge >= 0.3 is 6.18 Å². The third-order valence-electron chi connectivity index (χ3n) is 7.03. The van der Waals surface area contributed by atoms with Crippen LogP contribution in [0.25, 0.3) is 22.3 Å². The van der Waals surface area contributed by atoms with Gasteiger partial charge in [0.2, 0.25) is 0 Å². The number of hydrogen-bond donors (Lipinski definition) is 1. The summed E-state index contributed by atoms with van der Waals surface area (Å²) in [4.78, 5) is 1.94. The molecular weight excluding hydrogens is 455 g/mol. The maximum absolute atomic E-state index is 14.1. The Balaban J connectivity index is 1.70. The Bertz CT molecular complexity index is 1230. The fourth-order valence-corrected chi connectivity index (χ4v) is 5.27. The Morgan fingerprint density at radius 1 is 0.886 bits per heavy atom. The normalized spacial score (nSPS) is 17.5. The monoisotopic (exact) mass is 483 g/mol. The lowest BCUT2D eigenvalue weighted by molar-refractivity contribution is -0.137. The third kappa shape index (κ3) is 4.57. The molecule has 0 spiro atoms. The molecular formula is C28H28F3NO3. The zero-order chi connectivity index (χ0) is 24.7. The molecule has 5 rings (SSSR count). The molecule has 2 aliphatic rings. The Morgan fingerprint density at radius 3 is 2.23 bits per heavy atom. The third-order valence-corrected chi connectivity index (χ3v) is 7.03. The van der Waals surface area contributed by atoms with Gasteiger partial charge in [0, 0.05) is 24.8 Å². The van der Waals surface area contributed by atoms with E-state index in [9.17, 15) is 18.3 Å². The first-order valence-corrected chi connectivity index (χ1v) is 11.8. The van der Waals surface area contributed by atoms with Gasteiger partial charge in [-0.3, -0.25) is 0 Å². The second kappa shape index (κ2) is 9.11. The van der Waals surface area contributed by atoms with Crippen LogP contribution in [0.3, 0.4) is 0 Å². The number of ether oxygens (including phenoxy) is 2. The number of fused-ring (bicyclic) bond motifs is 1. The molecule has 0 saturated carbocycles. The van der Waals surface area contributed by atoms with Crippen LogP contribution in [0.2, 0.25) is 0 Å². The van der Waals surface area contributed by atoms with E-state index >= 15 is 0 Å². The van der Waals surface area contributed by atoms with Crippen molar-refractivity contribution in [2.45, 2.75) is 38.0 Å². The van der Waals surface area contributed by atoms with Crippen molar-refractivity contribution < 1.29 is 27.8 Å². The summed E-state index contributed by atoms with van der Waals surface area (Å²) in [6, 6.07) is 13.6. The summed E-state index contributed by atoms with van der Waals surface area (Å²) in [5, 5.41) is 9.94. The first kappa shape index (κ1) is 23.5. The predicted molar refractivity (Wildman–Crippen MR) is 130 cm³/mol. The minimum Gasteiger partial charge on any atom is -0.497 e. The maximum atomic E-state index is 14.1. The van der Waals surface area contributed by atoms with Gasteiger partial charge < -0.3 is 19.5 Å². The smallest absolute Gasteiger partial charge is 0.417 e. The van der Waals surface area contributed by atoms with Gasteiger partial charge in [-0.15, -0.1) is 0 Å². The highest BCUT2D eigenvalue weighted by molar-refractivity contribution is 5.82. The molecule has 3 aromatic rings. The number of aliphatic hydroxyl groups is 1. The molecule has 7 heteroatoms. The second-order valence-corrected chi connectivity index (χ2v) is 9.23. The summed E-state index contributed by atoms with van der Waals surface area (Å²) in [6.07, 6.45) is -1.67. The van der Waals surface area contributed by atoms with E-state index in [2.05, 4.69) is 0 Å². The zero-order valence-corrected chi connectivity index (χ0v) is 19.8. The molecule has 1 saturated heterocycles. The van der Waals surface area contributed by atoms with E-state index in [-0.39, 0.29) is 5.56 Å². The number of halogens is 3. The molecule has 3 aromatic carbocycles. The lowest BCUT2D eigenvalue weighted by Crippen LogP contribution is -2.21. The molecule has 0 amide bonds. The molecule has 0 radical (unpaired) electrons. The molecule has 1 N–H and O–H groups in total. The number of methoxy groups -OCH3 is 2. The highest BCUT2D eigenvalue weighted by Gasteiger charge is 2.35. The zero-order valence-electron chi connectivity index (χ0n) is 19.8. The van der Waals surface area contributed by atoms with Crippen LogP contribution >= 0.6 is 0 Å². The molecule has 1 aliphatic carbocycles. The molecule has 4 nitrogen and oxygen atoms in total. The fraction of sp³-hybridized carbons (Fsp3) is 0.357.